The van der Waals surface area contributed by atoms with Gasteiger partial charge < -0.3 is 9.84 Å². The van der Waals surface area contributed by atoms with E-state index in [2.05, 4.69) is 4.74 Å². The largest absolute Gasteiger partial charge is 0.481 e. The van der Waals surface area contributed by atoms with Gasteiger partial charge >= 0.3 is 12.6 Å². The molecule has 1 N–H and O–H groups in total. The van der Waals surface area contributed by atoms with E-state index in [1.807, 2.05) is 0 Å². The summed E-state index contributed by atoms with van der Waals surface area (Å²) < 4.78 is 54.2. The van der Waals surface area contributed by atoms with Crippen LogP contribution in [-0.4, -0.2) is 43.5 Å². The van der Waals surface area contributed by atoms with Gasteiger partial charge in [0.1, 0.15) is 5.75 Å². The minimum absolute atomic E-state index is 0.0756. The van der Waals surface area contributed by atoms with Gasteiger partial charge in [0.05, 0.1) is 15.8 Å². The van der Waals surface area contributed by atoms with Crippen LogP contribution >= 0.6 is 11.6 Å². The van der Waals surface area contributed by atoms with Gasteiger partial charge in [-0.3, -0.25) is 4.79 Å². The first-order valence-corrected chi connectivity index (χ1v) is 8.01. The molecule has 22 heavy (non-hydrogen) atoms. The third-order valence-corrected chi connectivity index (χ3v) is 5.41. The first-order chi connectivity index (χ1) is 10.2. The second-order valence-electron chi connectivity index (χ2n) is 4.66. The molecular formula is C12H12ClF2NO5S. The molecule has 1 fully saturated rings. The fourth-order valence-corrected chi connectivity index (χ4v) is 3.95. The van der Waals surface area contributed by atoms with Gasteiger partial charge in [-0.05, 0) is 24.6 Å². The lowest BCUT2D eigenvalue weighted by Gasteiger charge is -2.16. The van der Waals surface area contributed by atoms with Crippen LogP contribution in [0.5, 0.6) is 5.75 Å². The fourth-order valence-electron chi connectivity index (χ4n) is 2.13. The summed E-state index contributed by atoms with van der Waals surface area (Å²) in [6, 6.07) is 3.13. The number of rotatable bonds is 5. The minimum Gasteiger partial charge on any atom is -0.481 e. The van der Waals surface area contributed by atoms with Crippen molar-refractivity contribution in [1.29, 1.82) is 0 Å². The Morgan fingerprint density at radius 3 is 2.64 bits per heavy atom. The molecule has 10 heteroatoms. The molecule has 1 saturated heterocycles. The number of alkyl halides is 2. The summed E-state index contributed by atoms with van der Waals surface area (Å²) in [5.41, 5.74) is 0. The second kappa shape index (κ2) is 6.35. The predicted octanol–water partition coefficient (Wildman–Crippen LogP) is 2.04. The number of carboxylic acid groups (broad SMARTS) is 1. The van der Waals surface area contributed by atoms with Crippen LogP contribution in [0.3, 0.4) is 0 Å². The van der Waals surface area contributed by atoms with E-state index >= 15 is 0 Å². The van der Waals surface area contributed by atoms with E-state index in [9.17, 15) is 22.0 Å². The molecule has 1 atom stereocenters. The molecule has 0 aromatic heterocycles. The van der Waals surface area contributed by atoms with Gasteiger partial charge in [-0.15, -0.1) is 0 Å². The van der Waals surface area contributed by atoms with Crippen LogP contribution in [0.25, 0.3) is 0 Å². The Bertz CT molecular complexity index is 682. The normalized spacial score (nSPS) is 19.5. The van der Waals surface area contributed by atoms with E-state index in [1.165, 1.54) is 0 Å². The van der Waals surface area contributed by atoms with E-state index in [-0.39, 0.29) is 35.2 Å². The Hall–Kier alpha value is -1.45. The van der Waals surface area contributed by atoms with Crippen molar-refractivity contribution in [2.45, 2.75) is 17.9 Å². The zero-order valence-electron chi connectivity index (χ0n) is 11.1. The summed E-state index contributed by atoms with van der Waals surface area (Å²) in [6.45, 7) is -3.13. The van der Waals surface area contributed by atoms with Gasteiger partial charge in [0.2, 0.25) is 10.0 Å². The average molecular weight is 356 g/mol. The molecule has 0 aliphatic carbocycles. The summed E-state index contributed by atoms with van der Waals surface area (Å²) in [6.07, 6.45) is 0.217. The highest BCUT2D eigenvalue weighted by Gasteiger charge is 2.36. The molecule has 1 unspecified atom stereocenters. The molecule has 1 aromatic carbocycles. The lowest BCUT2D eigenvalue weighted by molar-refractivity contribution is -0.141. The highest BCUT2D eigenvalue weighted by Crippen LogP contribution is 2.31. The number of hydrogen-bond donors (Lipinski definition) is 1. The maximum absolute atomic E-state index is 12.4. The molecular weight excluding hydrogens is 344 g/mol. The van der Waals surface area contributed by atoms with Crippen molar-refractivity contribution in [1.82, 2.24) is 4.31 Å². The lowest BCUT2D eigenvalue weighted by atomic mass is 10.1. The SMILES string of the molecule is O=C(O)C1CCN(S(=O)(=O)c2ccc(OC(F)F)c(Cl)c2)C1. The minimum atomic E-state index is -3.93. The predicted molar refractivity (Wildman–Crippen MR) is 72.6 cm³/mol. The van der Waals surface area contributed by atoms with Gasteiger partial charge in [0.25, 0.3) is 0 Å². The van der Waals surface area contributed by atoms with E-state index < -0.39 is 28.5 Å². The molecule has 122 valence electrons. The second-order valence-corrected chi connectivity index (χ2v) is 7.00. The smallest absolute Gasteiger partial charge is 0.387 e. The van der Waals surface area contributed by atoms with Crippen molar-refractivity contribution in [3.8, 4) is 5.75 Å². The summed E-state index contributed by atoms with van der Waals surface area (Å²) in [5, 5.41) is 8.63. The van der Waals surface area contributed by atoms with Crippen LogP contribution in [0, 0.1) is 5.92 Å². The number of nitrogens with zero attached hydrogens (tertiary/aromatic N) is 1. The van der Waals surface area contributed by atoms with Crippen LogP contribution in [-0.2, 0) is 14.8 Å². The number of ether oxygens (including phenoxy) is 1. The molecule has 0 spiro atoms. The Kier molecular flexibility index (Phi) is 4.88. The van der Waals surface area contributed by atoms with Crippen LogP contribution in [0.4, 0.5) is 8.78 Å². The molecule has 1 aliphatic heterocycles. The standard InChI is InChI=1S/C12H12ClF2NO5S/c13-9-5-8(1-2-10(9)21-12(14)15)22(19,20)16-4-3-7(6-16)11(17)18/h1-2,5,7,12H,3-4,6H2,(H,17,18). The van der Waals surface area contributed by atoms with Gasteiger partial charge in [0, 0.05) is 13.1 Å². The number of carboxylic acids is 1. The van der Waals surface area contributed by atoms with Crippen molar-refractivity contribution in [3.05, 3.63) is 23.2 Å². The summed E-state index contributed by atoms with van der Waals surface area (Å²) in [5.74, 6) is -2.15. The zero-order chi connectivity index (χ0) is 16.5. The van der Waals surface area contributed by atoms with Crippen molar-refractivity contribution < 1.29 is 31.8 Å². The number of halogens is 3. The lowest BCUT2D eigenvalue weighted by Crippen LogP contribution is -2.30. The maximum atomic E-state index is 12.4. The van der Waals surface area contributed by atoms with E-state index in [4.69, 9.17) is 16.7 Å². The van der Waals surface area contributed by atoms with Gasteiger partial charge in [-0.2, -0.15) is 13.1 Å². The van der Waals surface area contributed by atoms with E-state index in [0.717, 1.165) is 22.5 Å². The van der Waals surface area contributed by atoms with Crippen molar-refractivity contribution in [3.63, 3.8) is 0 Å². The first-order valence-electron chi connectivity index (χ1n) is 6.19. The molecule has 0 amide bonds. The number of hydrogen-bond acceptors (Lipinski definition) is 4. The summed E-state index contributed by atoms with van der Waals surface area (Å²) in [7, 11) is -3.93. The quantitative estimate of drug-likeness (QED) is 0.873. The molecule has 0 saturated carbocycles. The number of sulfonamides is 1. The number of benzene rings is 1. The van der Waals surface area contributed by atoms with Crippen molar-refractivity contribution >= 4 is 27.6 Å². The molecule has 0 radical (unpaired) electrons. The van der Waals surface area contributed by atoms with Crippen molar-refractivity contribution in [2.75, 3.05) is 13.1 Å². The summed E-state index contributed by atoms with van der Waals surface area (Å²) >= 11 is 5.73. The molecule has 2 rings (SSSR count). The van der Waals surface area contributed by atoms with E-state index in [1.54, 1.807) is 0 Å². The molecule has 6 nitrogen and oxygen atoms in total. The Morgan fingerprint density at radius 1 is 1.45 bits per heavy atom. The van der Waals surface area contributed by atoms with Crippen LogP contribution in [0.15, 0.2) is 23.1 Å². The third kappa shape index (κ3) is 3.47. The molecule has 1 aliphatic rings. The van der Waals surface area contributed by atoms with Crippen molar-refractivity contribution in [2.24, 2.45) is 5.92 Å². The monoisotopic (exact) mass is 355 g/mol. The van der Waals surface area contributed by atoms with Crippen LogP contribution < -0.4 is 4.74 Å². The van der Waals surface area contributed by atoms with E-state index in [0.29, 0.717) is 0 Å². The van der Waals surface area contributed by atoms with Crippen LogP contribution in [0.1, 0.15) is 6.42 Å². The maximum Gasteiger partial charge on any atom is 0.387 e. The van der Waals surface area contributed by atoms with Gasteiger partial charge in [0.15, 0.2) is 0 Å². The number of aliphatic carboxylic acids is 1. The summed E-state index contributed by atoms with van der Waals surface area (Å²) in [4.78, 5) is 10.7. The zero-order valence-corrected chi connectivity index (χ0v) is 12.7. The first kappa shape index (κ1) is 16.9. The Morgan fingerprint density at radius 2 is 2.14 bits per heavy atom. The van der Waals surface area contributed by atoms with Crippen LogP contribution in [0.2, 0.25) is 5.02 Å². The molecule has 1 aromatic rings. The third-order valence-electron chi connectivity index (χ3n) is 3.26. The van der Waals surface area contributed by atoms with Gasteiger partial charge in [-0.25, -0.2) is 8.42 Å². The molecule has 0 bridgehead atoms. The molecule has 1 heterocycles. The Balaban J connectivity index is 2.23. The average Bonchev–Trinajstić information content (AvgIpc) is 2.91. The number of carbonyl (C=O) groups is 1. The highest BCUT2D eigenvalue weighted by atomic mass is 35.5. The fraction of sp³-hybridized carbons (Fsp3) is 0.417. The van der Waals surface area contributed by atoms with Gasteiger partial charge in [-0.1, -0.05) is 11.6 Å². The Labute approximate surface area is 130 Å². The topological polar surface area (TPSA) is 83.9 Å². The highest BCUT2D eigenvalue weighted by molar-refractivity contribution is 7.89.